The fourth-order valence-electron chi connectivity index (χ4n) is 4.31. The van der Waals surface area contributed by atoms with Crippen LogP contribution in [0.4, 0.5) is 0 Å². The van der Waals surface area contributed by atoms with Crippen molar-refractivity contribution in [2.24, 2.45) is 5.92 Å². The Morgan fingerprint density at radius 1 is 0.846 bits per heavy atom. The predicted octanol–water partition coefficient (Wildman–Crippen LogP) is 7.16. The molecule has 0 bridgehead atoms. The van der Waals surface area contributed by atoms with Crippen LogP contribution in [0, 0.1) is 5.92 Å². The number of ether oxygens (including phenoxy) is 1. The maximum atomic E-state index is 13.8. The highest BCUT2D eigenvalue weighted by molar-refractivity contribution is 9.11. The second-order valence-electron chi connectivity index (χ2n) is 9.88. The molecule has 5 nitrogen and oxygen atoms in total. The number of rotatable bonds is 11. The number of nitrogens with zero attached hydrogens (tertiary/aromatic N) is 1. The summed E-state index contributed by atoms with van der Waals surface area (Å²) < 4.78 is 7.79. The molecule has 0 aromatic heterocycles. The highest BCUT2D eigenvalue weighted by atomic mass is 79.9. The molecule has 4 aromatic carbocycles. The molecule has 0 heterocycles. The lowest BCUT2D eigenvalue weighted by Gasteiger charge is -2.31. The van der Waals surface area contributed by atoms with Crippen LogP contribution in [-0.4, -0.2) is 35.9 Å². The molecule has 0 saturated carbocycles. The van der Waals surface area contributed by atoms with Gasteiger partial charge in [-0.05, 0) is 61.9 Å². The Morgan fingerprint density at radius 2 is 1.54 bits per heavy atom. The van der Waals surface area contributed by atoms with Gasteiger partial charge in [-0.15, -0.1) is 0 Å². The van der Waals surface area contributed by atoms with Crippen LogP contribution in [0.1, 0.15) is 25.0 Å². The lowest BCUT2D eigenvalue weighted by atomic mass is 10.0. The SMILES string of the molecule is CC(C)CNC(=O)[C@H](Cc1ccccc1)N(Cc1ccc(Br)cc1)C(=O)COc1ccc2ccccc2c1Br. The van der Waals surface area contributed by atoms with E-state index in [0.717, 1.165) is 30.8 Å². The van der Waals surface area contributed by atoms with E-state index in [-0.39, 0.29) is 30.9 Å². The first-order chi connectivity index (χ1) is 18.8. The van der Waals surface area contributed by atoms with Crippen molar-refractivity contribution in [2.75, 3.05) is 13.2 Å². The van der Waals surface area contributed by atoms with E-state index in [0.29, 0.717) is 18.7 Å². The van der Waals surface area contributed by atoms with Crippen molar-refractivity contribution in [2.45, 2.75) is 32.9 Å². The molecule has 0 aliphatic heterocycles. The molecule has 0 unspecified atom stereocenters. The minimum atomic E-state index is -0.703. The van der Waals surface area contributed by atoms with Crippen LogP contribution in [0.3, 0.4) is 0 Å². The number of halogens is 2. The molecule has 0 fully saturated rings. The summed E-state index contributed by atoms with van der Waals surface area (Å²) in [5.74, 6) is 0.425. The minimum absolute atomic E-state index is 0.176. The normalized spacial score (nSPS) is 11.8. The van der Waals surface area contributed by atoms with Gasteiger partial charge in [0, 0.05) is 24.0 Å². The number of nitrogens with one attached hydrogen (secondary N) is 1. The molecule has 4 aromatic rings. The van der Waals surface area contributed by atoms with Gasteiger partial charge in [-0.25, -0.2) is 0 Å². The molecule has 39 heavy (non-hydrogen) atoms. The quantitative estimate of drug-likeness (QED) is 0.187. The maximum Gasteiger partial charge on any atom is 0.261 e. The van der Waals surface area contributed by atoms with E-state index >= 15 is 0 Å². The molecule has 0 saturated heterocycles. The summed E-state index contributed by atoms with van der Waals surface area (Å²) >= 11 is 7.12. The second kappa shape index (κ2) is 13.8. The van der Waals surface area contributed by atoms with Gasteiger partial charge >= 0.3 is 0 Å². The van der Waals surface area contributed by atoms with E-state index in [1.807, 2.05) is 105 Å². The van der Waals surface area contributed by atoms with Gasteiger partial charge in [0.15, 0.2) is 6.61 Å². The van der Waals surface area contributed by atoms with Gasteiger partial charge in [-0.3, -0.25) is 9.59 Å². The van der Waals surface area contributed by atoms with Gasteiger partial charge in [0.1, 0.15) is 11.8 Å². The Hall–Kier alpha value is -3.16. The Bertz CT molecular complexity index is 1410. The van der Waals surface area contributed by atoms with Crippen molar-refractivity contribution < 1.29 is 14.3 Å². The van der Waals surface area contributed by atoms with Crippen molar-refractivity contribution in [1.29, 1.82) is 0 Å². The summed E-state index contributed by atoms with van der Waals surface area (Å²) in [4.78, 5) is 29.0. The van der Waals surface area contributed by atoms with Gasteiger partial charge in [-0.1, -0.05) is 103 Å². The first-order valence-electron chi connectivity index (χ1n) is 13.0. The number of benzene rings is 4. The van der Waals surface area contributed by atoms with E-state index < -0.39 is 6.04 Å². The molecule has 0 radical (unpaired) electrons. The van der Waals surface area contributed by atoms with Crippen LogP contribution in [0.25, 0.3) is 10.8 Å². The van der Waals surface area contributed by atoms with Crippen molar-refractivity contribution in [3.05, 3.63) is 111 Å². The zero-order valence-electron chi connectivity index (χ0n) is 22.1. The molecule has 202 valence electrons. The maximum absolute atomic E-state index is 13.8. The van der Waals surface area contributed by atoms with E-state index in [1.54, 1.807) is 4.90 Å². The Morgan fingerprint density at radius 3 is 2.26 bits per heavy atom. The predicted molar refractivity (Wildman–Crippen MR) is 164 cm³/mol. The monoisotopic (exact) mass is 650 g/mol. The van der Waals surface area contributed by atoms with Gasteiger partial charge in [0.05, 0.1) is 4.47 Å². The van der Waals surface area contributed by atoms with E-state index in [1.165, 1.54) is 0 Å². The molecule has 7 heteroatoms. The van der Waals surface area contributed by atoms with Crippen LogP contribution in [-0.2, 0) is 22.6 Å². The van der Waals surface area contributed by atoms with Gasteiger partial charge in [-0.2, -0.15) is 0 Å². The first kappa shape index (κ1) is 28.8. The molecule has 0 aliphatic carbocycles. The summed E-state index contributed by atoms with van der Waals surface area (Å²) in [7, 11) is 0. The average Bonchev–Trinajstić information content (AvgIpc) is 2.94. The van der Waals surface area contributed by atoms with Crippen LogP contribution >= 0.6 is 31.9 Å². The third kappa shape index (κ3) is 7.93. The van der Waals surface area contributed by atoms with Crippen LogP contribution < -0.4 is 10.1 Å². The zero-order valence-corrected chi connectivity index (χ0v) is 25.2. The molecule has 0 aliphatic rings. The lowest BCUT2D eigenvalue weighted by Crippen LogP contribution is -2.52. The second-order valence-corrected chi connectivity index (χ2v) is 11.6. The van der Waals surface area contributed by atoms with Gasteiger partial charge < -0.3 is 15.0 Å². The molecule has 1 N–H and O–H groups in total. The van der Waals surface area contributed by atoms with E-state index in [2.05, 4.69) is 37.2 Å². The molecular formula is C32H32Br2N2O3. The van der Waals surface area contributed by atoms with Crippen molar-refractivity contribution >= 4 is 54.4 Å². The van der Waals surface area contributed by atoms with Crippen LogP contribution in [0.5, 0.6) is 5.75 Å². The summed E-state index contributed by atoms with van der Waals surface area (Å²) in [5, 5.41) is 5.12. The van der Waals surface area contributed by atoms with Crippen molar-refractivity contribution in [3.63, 3.8) is 0 Å². The fourth-order valence-corrected chi connectivity index (χ4v) is 5.18. The van der Waals surface area contributed by atoms with E-state index in [4.69, 9.17) is 4.74 Å². The molecule has 0 spiro atoms. The average molecular weight is 652 g/mol. The molecule has 1 atom stereocenters. The Kier molecular flexibility index (Phi) is 10.2. The summed E-state index contributed by atoms with van der Waals surface area (Å²) in [6, 6.07) is 28.7. The number of hydrogen-bond donors (Lipinski definition) is 1. The smallest absolute Gasteiger partial charge is 0.261 e. The minimum Gasteiger partial charge on any atom is -0.483 e. The largest absolute Gasteiger partial charge is 0.483 e. The van der Waals surface area contributed by atoms with Crippen molar-refractivity contribution in [3.8, 4) is 5.75 Å². The van der Waals surface area contributed by atoms with E-state index in [9.17, 15) is 9.59 Å². The summed E-state index contributed by atoms with van der Waals surface area (Å²) in [5.41, 5.74) is 1.90. The first-order valence-corrected chi connectivity index (χ1v) is 14.6. The van der Waals surface area contributed by atoms with Crippen LogP contribution in [0.2, 0.25) is 0 Å². The highest BCUT2D eigenvalue weighted by Crippen LogP contribution is 2.33. The van der Waals surface area contributed by atoms with Gasteiger partial charge in [0.2, 0.25) is 5.91 Å². The third-order valence-electron chi connectivity index (χ3n) is 6.40. The number of hydrogen-bond acceptors (Lipinski definition) is 3. The summed E-state index contributed by atoms with van der Waals surface area (Å²) in [6.07, 6.45) is 0.396. The molecule has 4 rings (SSSR count). The zero-order chi connectivity index (χ0) is 27.8. The number of carbonyl (C=O) groups excluding carboxylic acids is 2. The molecular weight excluding hydrogens is 620 g/mol. The Balaban J connectivity index is 1.63. The number of amides is 2. The molecule has 2 amide bonds. The number of carbonyl (C=O) groups is 2. The standard InChI is InChI=1S/C32H32Br2N2O3/c1-22(2)19-35-32(38)28(18-23-8-4-3-5-9-23)36(20-24-12-15-26(33)16-13-24)30(37)21-39-29-17-14-25-10-6-7-11-27(25)31(29)34/h3-17,22,28H,18-21H2,1-2H3,(H,35,38)/t28-/m0/s1. The topological polar surface area (TPSA) is 58.6 Å². The Labute approximate surface area is 246 Å². The highest BCUT2D eigenvalue weighted by Gasteiger charge is 2.31. The summed E-state index contributed by atoms with van der Waals surface area (Å²) in [6.45, 7) is 4.71. The fraction of sp³-hybridized carbons (Fsp3) is 0.250. The van der Waals surface area contributed by atoms with Gasteiger partial charge in [0.25, 0.3) is 5.91 Å². The van der Waals surface area contributed by atoms with Crippen molar-refractivity contribution in [1.82, 2.24) is 10.2 Å². The third-order valence-corrected chi connectivity index (χ3v) is 7.75. The van der Waals surface area contributed by atoms with Crippen LogP contribution in [0.15, 0.2) is 99.9 Å². The lowest BCUT2D eigenvalue weighted by molar-refractivity contribution is -0.142. The number of fused-ring (bicyclic) bond motifs is 1.